The predicted molar refractivity (Wildman–Crippen MR) is 59.0 cm³/mol. The summed E-state index contributed by atoms with van der Waals surface area (Å²) in [5.74, 6) is 0.746. The van der Waals surface area contributed by atoms with Gasteiger partial charge in [0.15, 0.2) is 0 Å². The quantitative estimate of drug-likeness (QED) is 0.771. The summed E-state index contributed by atoms with van der Waals surface area (Å²) in [6, 6.07) is 2.59. The van der Waals surface area contributed by atoms with Crippen LogP contribution in [0.2, 0.25) is 0 Å². The first-order chi connectivity index (χ1) is 7.26. The third kappa shape index (κ3) is 4.33. The Morgan fingerprint density at radius 3 is 2.60 bits per heavy atom. The highest BCUT2D eigenvalue weighted by molar-refractivity contribution is 5.76. The molecule has 1 aliphatic carbocycles. The van der Waals surface area contributed by atoms with Crippen LogP contribution in [0.5, 0.6) is 0 Å². The van der Waals surface area contributed by atoms with Crippen LogP contribution < -0.4 is 5.32 Å². The largest absolute Gasteiger partial charge is 0.353 e. The average molecular weight is 208 g/mol. The van der Waals surface area contributed by atoms with Crippen LogP contribution in [-0.2, 0) is 4.79 Å². The third-order valence-corrected chi connectivity index (χ3v) is 3.07. The Labute approximate surface area is 91.9 Å². The van der Waals surface area contributed by atoms with Crippen molar-refractivity contribution in [2.24, 2.45) is 5.92 Å². The van der Waals surface area contributed by atoms with Crippen LogP contribution in [0.1, 0.15) is 51.9 Å². The van der Waals surface area contributed by atoms with Crippen molar-refractivity contribution in [3.63, 3.8) is 0 Å². The second-order valence-electron chi connectivity index (χ2n) is 4.40. The first-order valence-electron chi connectivity index (χ1n) is 5.92. The van der Waals surface area contributed by atoms with E-state index in [1.165, 1.54) is 0 Å². The molecular formula is C12H20N2O. The summed E-state index contributed by atoms with van der Waals surface area (Å²) in [4.78, 5) is 11.4. The lowest BCUT2D eigenvalue weighted by molar-refractivity contribution is -0.122. The molecule has 0 unspecified atom stereocenters. The molecule has 1 rings (SSSR count). The lowest BCUT2D eigenvalue weighted by atomic mass is 9.84. The monoisotopic (exact) mass is 208 g/mol. The Balaban J connectivity index is 2.20. The van der Waals surface area contributed by atoms with Crippen molar-refractivity contribution in [1.29, 1.82) is 5.26 Å². The molecule has 0 spiro atoms. The predicted octanol–water partition coefficient (Wildman–Crippen LogP) is 2.38. The summed E-state index contributed by atoms with van der Waals surface area (Å²) in [5.41, 5.74) is 0. The van der Waals surface area contributed by atoms with E-state index in [-0.39, 0.29) is 5.91 Å². The van der Waals surface area contributed by atoms with Gasteiger partial charge in [0.2, 0.25) is 5.91 Å². The fraction of sp³-hybridized carbons (Fsp3) is 0.833. The molecule has 1 fully saturated rings. The van der Waals surface area contributed by atoms with E-state index in [4.69, 9.17) is 5.26 Å². The zero-order chi connectivity index (χ0) is 11.1. The second kappa shape index (κ2) is 6.44. The molecule has 15 heavy (non-hydrogen) atoms. The van der Waals surface area contributed by atoms with Gasteiger partial charge in [-0.2, -0.15) is 5.26 Å². The van der Waals surface area contributed by atoms with Crippen LogP contribution in [0.15, 0.2) is 0 Å². The molecule has 0 aromatic heterocycles. The number of nitrogens with zero attached hydrogens (tertiary/aromatic N) is 1. The number of nitrogens with one attached hydrogen (secondary N) is 1. The van der Waals surface area contributed by atoms with Crippen LogP contribution in [0.25, 0.3) is 0 Å². The molecule has 3 nitrogen and oxygen atoms in total. The van der Waals surface area contributed by atoms with Gasteiger partial charge >= 0.3 is 0 Å². The Morgan fingerprint density at radius 1 is 1.40 bits per heavy atom. The fourth-order valence-electron chi connectivity index (χ4n) is 2.17. The molecule has 0 aromatic rings. The van der Waals surface area contributed by atoms with Crippen molar-refractivity contribution in [2.75, 3.05) is 0 Å². The summed E-state index contributed by atoms with van der Waals surface area (Å²) in [7, 11) is 0. The van der Waals surface area contributed by atoms with Gasteiger partial charge in [0.1, 0.15) is 0 Å². The number of hydrogen-bond acceptors (Lipinski definition) is 2. The molecule has 1 saturated carbocycles. The molecule has 3 heteroatoms. The van der Waals surface area contributed by atoms with Crippen LogP contribution in [0.3, 0.4) is 0 Å². The molecular weight excluding hydrogens is 188 g/mol. The maximum atomic E-state index is 11.4. The molecule has 1 aliphatic rings. The number of nitriles is 1. The van der Waals surface area contributed by atoms with Crippen LogP contribution in [-0.4, -0.2) is 11.9 Å². The molecule has 0 heterocycles. The first-order valence-corrected chi connectivity index (χ1v) is 5.92. The van der Waals surface area contributed by atoms with E-state index in [0.29, 0.717) is 24.8 Å². The number of amides is 1. The Hall–Kier alpha value is -1.04. The normalized spacial score (nSPS) is 25.6. The van der Waals surface area contributed by atoms with Gasteiger partial charge < -0.3 is 5.32 Å². The number of carbonyl (C=O) groups excluding carboxylic acids is 1. The van der Waals surface area contributed by atoms with E-state index in [1.54, 1.807) is 0 Å². The van der Waals surface area contributed by atoms with Gasteiger partial charge in [-0.25, -0.2) is 0 Å². The SMILES string of the molecule is CCCC(=O)NC1CCC(CC#N)CC1. The van der Waals surface area contributed by atoms with Crippen molar-refractivity contribution >= 4 is 5.91 Å². The van der Waals surface area contributed by atoms with Crippen LogP contribution >= 0.6 is 0 Å². The lowest BCUT2D eigenvalue weighted by Gasteiger charge is -2.27. The van der Waals surface area contributed by atoms with Crippen molar-refractivity contribution in [3.8, 4) is 6.07 Å². The molecule has 1 amide bonds. The molecule has 0 aliphatic heterocycles. The van der Waals surface area contributed by atoms with Crippen molar-refractivity contribution in [3.05, 3.63) is 0 Å². The molecule has 0 aromatic carbocycles. The Kier molecular flexibility index (Phi) is 5.17. The summed E-state index contributed by atoms with van der Waals surface area (Å²) in [5, 5.41) is 11.6. The number of hydrogen-bond donors (Lipinski definition) is 1. The highest BCUT2D eigenvalue weighted by atomic mass is 16.1. The van der Waals surface area contributed by atoms with Crippen molar-refractivity contribution < 1.29 is 4.79 Å². The van der Waals surface area contributed by atoms with E-state index < -0.39 is 0 Å². The van der Waals surface area contributed by atoms with Gasteiger partial charge in [-0.1, -0.05) is 6.92 Å². The average Bonchev–Trinajstić information content (AvgIpc) is 2.22. The molecule has 0 saturated heterocycles. The van der Waals surface area contributed by atoms with Crippen LogP contribution in [0.4, 0.5) is 0 Å². The van der Waals surface area contributed by atoms with E-state index in [9.17, 15) is 4.79 Å². The lowest BCUT2D eigenvalue weighted by Crippen LogP contribution is -2.37. The standard InChI is InChI=1S/C12H20N2O/c1-2-3-12(15)14-11-6-4-10(5-7-11)8-9-13/h10-11H,2-8H2,1H3,(H,14,15). The van der Waals surface area contributed by atoms with E-state index in [2.05, 4.69) is 11.4 Å². The van der Waals surface area contributed by atoms with Crippen LogP contribution in [0, 0.1) is 17.2 Å². The van der Waals surface area contributed by atoms with E-state index in [0.717, 1.165) is 32.1 Å². The van der Waals surface area contributed by atoms with Crippen molar-refractivity contribution in [1.82, 2.24) is 5.32 Å². The minimum Gasteiger partial charge on any atom is -0.353 e. The fourth-order valence-corrected chi connectivity index (χ4v) is 2.17. The minimum absolute atomic E-state index is 0.182. The summed E-state index contributed by atoms with van der Waals surface area (Å²) in [6.07, 6.45) is 6.49. The summed E-state index contributed by atoms with van der Waals surface area (Å²) < 4.78 is 0. The van der Waals surface area contributed by atoms with Gasteiger partial charge in [-0.05, 0) is 38.0 Å². The molecule has 84 valence electrons. The molecule has 0 bridgehead atoms. The molecule has 1 N–H and O–H groups in total. The first kappa shape index (κ1) is 12.0. The maximum absolute atomic E-state index is 11.4. The zero-order valence-electron chi connectivity index (χ0n) is 9.46. The number of rotatable bonds is 4. The summed E-state index contributed by atoms with van der Waals surface area (Å²) >= 11 is 0. The van der Waals surface area contributed by atoms with E-state index >= 15 is 0 Å². The second-order valence-corrected chi connectivity index (χ2v) is 4.40. The highest BCUT2D eigenvalue weighted by Gasteiger charge is 2.21. The number of carbonyl (C=O) groups is 1. The highest BCUT2D eigenvalue weighted by Crippen LogP contribution is 2.26. The Morgan fingerprint density at radius 2 is 2.07 bits per heavy atom. The van der Waals surface area contributed by atoms with Gasteiger partial charge in [0.25, 0.3) is 0 Å². The van der Waals surface area contributed by atoms with Gasteiger partial charge in [-0.15, -0.1) is 0 Å². The zero-order valence-corrected chi connectivity index (χ0v) is 9.46. The molecule has 0 radical (unpaired) electrons. The van der Waals surface area contributed by atoms with Gasteiger partial charge in [0, 0.05) is 18.9 Å². The van der Waals surface area contributed by atoms with Gasteiger partial charge in [0.05, 0.1) is 6.07 Å². The summed E-state index contributed by atoms with van der Waals surface area (Å²) in [6.45, 7) is 2.02. The maximum Gasteiger partial charge on any atom is 0.220 e. The van der Waals surface area contributed by atoms with E-state index in [1.807, 2.05) is 6.92 Å². The van der Waals surface area contributed by atoms with Crippen molar-refractivity contribution in [2.45, 2.75) is 57.9 Å². The smallest absolute Gasteiger partial charge is 0.220 e. The Bertz CT molecular complexity index is 236. The third-order valence-electron chi connectivity index (χ3n) is 3.07. The topological polar surface area (TPSA) is 52.9 Å². The van der Waals surface area contributed by atoms with Gasteiger partial charge in [-0.3, -0.25) is 4.79 Å². The molecule has 0 atom stereocenters. The minimum atomic E-state index is 0.182.